The van der Waals surface area contributed by atoms with Crippen molar-refractivity contribution in [2.75, 3.05) is 0 Å². The largest absolute Gasteiger partial charge is 0.393 e. The van der Waals surface area contributed by atoms with Crippen molar-refractivity contribution in [3.63, 3.8) is 0 Å². The fourth-order valence-electron chi connectivity index (χ4n) is 2.03. The molecule has 0 atom stereocenters. The van der Waals surface area contributed by atoms with Crippen molar-refractivity contribution in [3.05, 3.63) is 0 Å². The van der Waals surface area contributed by atoms with Gasteiger partial charge in [0.25, 0.3) is 0 Å². The van der Waals surface area contributed by atoms with Crippen molar-refractivity contribution in [2.45, 2.75) is 39.0 Å². The number of esters is 2. The molecule has 15 heavy (non-hydrogen) atoms. The van der Waals surface area contributed by atoms with Crippen LogP contribution in [0.1, 0.15) is 39.0 Å². The highest BCUT2D eigenvalue weighted by Gasteiger charge is 2.42. The summed E-state index contributed by atoms with van der Waals surface area (Å²) in [6.07, 6.45) is 2.90. The molecule has 0 spiro atoms. The zero-order chi connectivity index (χ0) is 11.5. The lowest BCUT2D eigenvalue weighted by atomic mass is 9.82. The van der Waals surface area contributed by atoms with E-state index in [-0.39, 0.29) is 6.42 Å². The number of ether oxygens (including phenoxy) is 1. The third-order valence-electron chi connectivity index (χ3n) is 2.82. The molecule has 5 heteroatoms. The topological polar surface area (TPSA) is 86.5 Å². The highest BCUT2D eigenvalue weighted by molar-refractivity contribution is 5.90. The van der Waals surface area contributed by atoms with E-state index in [1.807, 2.05) is 0 Å². The molecule has 0 radical (unpaired) electrons. The number of amides is 1. The monoisotopic (exact) mass is 213 g/mol. The molecular formula is C10H15NO4. The van der Waals surface area contributed by atoms with E-state index >= 15 is 0 Å². The van der Waals surface area contributed by atoms with Gasteiger partial charge in [-0.3, -0.25) is 14.4 Å². The molecule has 0 aromatic carbocycles. The zero-order valence-corrected chi connectivity index (χ0v) is 8.75. The second-order valence-corrected chi connectivity index (χ2v) is 3.99. The van der Waals surface area contributed by atoms with E-state index in [2.05, 4.69) is 4.74 Å². The molecule has 0 bridgehead atoms. The summed E-state index contributed by atoms with van der Waals surface area (Å²) in [5.74, 6) is -1.79. The van der Waals surface area contributed by atoms with Crippen LogP contribution in [0.2, 0.25) is 0 Å². The summed E-state index contributed by atoms with van der Waals surface area (Å²) in [6.45, 7) is 1.16. The van der Waals surface area contributed by atoms with Gasteiger partial charge in [-0.1, -0.05) is 12.8 Å². The van der Waals surface area contributed by atoms with Gasteiger partial charge in [0.2, 0.25) is 5.91 Å². The van der Waals surface area contributed by atoms with Gasteiger partial charge in [0.05, 0.1) is 11.8 Å². The first-order valence-corrected chi connectivity index (χ1v) is 4.97. The number of carbonyl (C=O) groups excluding carboxylic acids is 3. The summed E-state index contributed by atoms with van der Waals surface area (Å²) in [7, 11) is 0. The summed E-state index contributed by atoms with van der Waals surface area (Å²) < 4.78 is 4.40. The summed E-state index contributed by atoms with van der Waals surface area (Å²) in [6, 6.07) is 0. The van der Waals surface area contributed by atoms with Crippen molar-refractivity contribution in [2.24, 2.45) is 11.1 Å². The minimum Gasteiger partial charge on any atom is -0.393 e. The van der Waals surface area contributed by atoms with Gasteiger partial charge in [-0.2, -0.15) is 0 Å². The molecule has 1 fully saturated rings. The average Bonchev–Trinajstić information content (AvgIpc) is 2.52. The van der Waals surface area contributed by atoms with Crippen molar-refractivity contribution in [3.8, 4) is 0 Å². The molecule has 2 N–H and O–H groups in total. The van der Waals surface area contributed by atoms with Crippen molar-refractivity contribution < 1.29 is 19.1 Å². The van der Waals surface area contributed by atoms with Crippen LogP contribution < -0.4 is 5.73 Å². The Morgan fingerprint density at radius 1 is 1.27 bits per heavy atom. The number of carbonyl (C=O) groups is 3. The Balaban J connectivity index is 2.63. The molecule has 1 saturated carbocycles. The molecule has 0 saturated heterocycles. The molecule has 1 aliphatic rings. The Bertz CT molecular complexity index is 292. The number of primary amides is 1. The maximum absolute atomic E-state index is 11.3. The summed E-state index contributed by atoms with van der Waals surface area (Å²) in [4.78, 5) is 33.1. The van der Waals surface area contributed by atoms with Gasteiger partial charge >= 0.3 is 11.9 Å². The molecule has 1 amide bonds. The van der Waals surface area contributed by atoms with Crippen LogP contribution in [0.4, 0.5) is 0 Å². The number of hydrogen-bond donors (Lipinski definition) is 1. The maximum atomic E-state index is 11.3. The van der Waals surface area contributed by atoms with E-state index in [1.54, 1.807) is 0 Å². The van der Waals surface area contributed by atoms with Crippen molar-refractivity contribution >= 4 is 17.8 Å². The van der Waals surface area contributed by atoms with Crippen LogP contribution in [0.3, 0.4) is 0 Å². The third-order valence-corrected chi connectivity index (χ3v) is 2.82. The van der Waals surface area contributed by atoms with E-state index in [4.69, 9.17) is 5.73 Å². The Labute approximate surface area is 88.0 Å². The highest BCUT2D eigenvalue weighted by atomic mass is 16.6. The number of nitrogens with two attached hydrogens (primary N) is 1. The fraction of sp³-hybridized carbons (Fsp3) is 0.700. The molecule has 1 aliphatic carbocycles. The van der Waals surface area contributed by atoms with Crippen LogP contribution >= 0.6 is 0 Å². The minimum absolute atomic E-state index is 0.0814. The molecule has 0 unspecified atom stereocenters. The second kappa shape index (κ2) is 4.42. The minimum atomic E-state index is -0.785. The molecule has 0 heterocycles. The van der Waals surface area contributed by atoms with Crippen LogP contribution in [-0.4, -0.2) is 17.8 Å². The van der Waals surface area contributed by atoms with Gasteiger partial charge in [0.1, 0.15) is 0 Å². The SMILES string of the molecule is CC(=O)OC(=O)CC1(C(N)=O)CCCC1. The van der Waals surface area contributed by atoms with Gasteiger partial charge in [0, 0.05) is 6.92 Å². The highest BCUT2D eigenvalue weighted by Crippen LogP contribution is 2.41. The fourth-order valence-corrected chi connectivity index (χ4v) is 2.03. The lowest BCUT2D eigenvalue weighted by Gasteiger charge is -2.23. The van der Waals surface area contributed by atoms with Gasteiger partial charge in [-0.25, -0.2) is 0 Å². The summed E-state index contributed by atoms with van der Waals surface area (Å²) in [5, 5.41) is 0. The van der Waals surface area contributed by atoms with Crippen molar-refractivity contribution in [1.29, 1.82) is 0 Å². The number of rotatable bonds is 3. The normalized spacial score (nSPS) is 18.5. The summed E-state index contributed by atoms with van der Waals surface area (Å²) in [5.41, 5.74) is 4.50. The van der Waals surface area contributed by atoms with Crippen LogP contribution in [0.25, 0.3) is 0 Å². The zero-order valence-electron chi connectivity index (χ0n) is 8.75. The van der Waals surface area contributed by atoms with E-state index in [0.29, 0.717) is 12.8 Å². The smallest absolute Gasteiger partial charge is 0.314 e. The molecule has 0 aromatic rings. The Kier molecular flexibility index (Phi) is 3.44. The van der Waals surface area contributed by atoms with E-state index in [0.717, 1.165) is 19.8 Å². The quantitative estimate of drug-likeness (QED) is 0.546. The van der Waals surface area contributed by atoms with Crippen LogP contribution in [-0.2, 0) is 19.1 Å². The summed E-state index contributed by atoms with van der Waals surface area (Å²) >= 11 is 0. The van der Waals surface area contributed by atoms with Crippen LogP contribution in [0, 0.1) is 5.41 Å². The van der Waals surface area contributed by atoms with Gasteiger partial charge in [0.15, 0.2) is 0 Å². The van der Waals surface area contributed by atoms with Crippen LogP contribution in [0.15, 0.2) is 0 Å². The maximum Gasteiger partial charge on any atom is 0.314 e. The molecular weight excluding hydrogens is 198 g/mol. The standard InChI is InChI=1S/C10H15NO4/c1-7(12)15-8(13)6-10(9(11)14)4-2-3-5-10/h2-6H2,1H3,(H2,11,14). The lowest BCUT2D eigenvalue weighted by molar-refractivity contribution is -0.161. The Morgan fingerprint density at radius 3 is 2.20 bits per heavy atom. The molecule has 0 aliphatic heterocycles. The predicted octanol–water partition coefficient (Wildman–Crippen LogP) is 0.512. The van der Waals surface area contributed by atoms with E-state index in [9.17, 15) is 14.4 Å². The second-order valence-electron chi connectivity index (χ2n) is 3.99. The van der Waals surface area contributed by atoms with Gasteiger partial charge in [-0.15, -0.1) is 0 Å². The van der Waals surface area contributed by atoms with Gasteiger partial charge < -0.3 is 10.5 Å². The molecule has 84 valence electrons. The van der Waals surface area contributed by atoms with Crippen LogP contribution in [0.5, 0.6) is 0 Å². The Morgan fingerprint density at radius 2 is 1.80 bits per heavy atom. The first kappa shape index (κ1) is 11.7. The molecule has 1 rings (SSSR count). The molecule has 0 aromatic heterocycles. The van der Waals surface area contributed by atoms with E-state index in [1.165, 1.54) is 0 Å². The first-order valence-electron chi connectivity index (χ1n) is 4.97. The first-order chi connectivity index (χ1) is 6.96. The Hall–Kier alpha value is -1.39. The molecule has 5 nitrogen and oxygen atoms in total. The van der Waals surface area contributed by atoms with Crippen molar-refractivity contribution in [1.82, 2.24) is 0 Å². The lowest BCUT2D eigenvalue weighted by Crippen LogP contribution is -2.37. The van der Waals surface area contributed by atoms with Gasteiger partial charge in [-0.05, 0) is 12.8 Å². The third kappa shape index (κ3) is 2.78. The number of hydrogen-bond acceptors (Lipinski definition) is 4. The average molecular weight is 213 g/mol. The van der Waals surface area contributed by atoms with E-state index < -0.39 is 23.3 Å². The predicted molar refractivity (Wildman–Crippen MR) is 51.5 cm³/mol.